The van der Waals surface area contributed by atoms with Gasteiger partial charge in [-0.15, -0.1) is 11.3 Å². The smallest absolute Gasteiger partial charge is 0.252 e. The lowest BCUT2D eigenvalue weighted by Crippen LogP contribution is -2.48. The molecule has 0 atom stereocenters. The van der Waals surface area contributed by atoms with Crippen LogP contribution in [0.3, 0.4) is 0 Å². The lowest BCUT2D eigenvalue weighted by Gasteiger charge is -2.33. The molecule has 0 spiro atoms. The number of benzene rings is 2. The monoisotopic (exact) mass is 503 g/mol. The van der Waals surface area contributed by atoms with Gasteiger partial charge in [-0.25, -0.2) is 8.42 Å². The van der Waals surface area contributed by atoms with E-state index in [-0.39, 0.29) is 4.21 Å². The van der Waals surface area contributed by atoms with Gasteiger partial charge in [0.15, 0.2) is 0 Å². The Bertz CT molecular complexity index is 1220. The predicted molar refractivity (Wildman–Crippen MR) is 132 cm³/mol. The van der Waals surface area contributed by atoms with E-state index in [1.807, 2.05) is 24.3 Å². The van der Waals surface area contributed by atoms with Crippen LogP contribution >= 0.6 is 22.9 Å². The fraction of sp³-hybridized carbons (Fsp3) is 0.292. The fourth-order valence-electron chi connectivity index (χ4n) is 3.90. The fourth-order valence-corrected chi connectivity index (χ4v) is 7.34. The summed E-state index contributed by atoms with van der Waals surface area (Å²) in [6, 6.07) is 18.8. The molecular weight excluding hydrogens is 478 g/mol. The Morgan fingerprint density at radius 1 is 0.970 bits per heavy atom. The summed E-state index contributed by atoms with van der Waals surface area (Å²) in [5.41, 5.74) is 7.91. The van der Waals surface area contributed by atoms with Crippen molar-refractivity contribution < 1.29 is 13.2 Å². The molecule has 1 aliphatic heterocycles. The average Bonchev–Trinajstić information content (AvgIpc) is 3.19. The van der Waals surface area contributed by atoms with Crippen molar-refractivity contribution >= 4 is 38.9 Å². The third-order valence-electron chi connectivity index (χ3n) is 5.80. The van der Waals surface area contributed by atoms with E-state index in [0.717, 1.165) is 23.4 Å². The lowest BCUT2D eigenvalue weighted by atomic mass is 10.1. The third kappa shape index (κ3) is 5.83. The number of thiophene rings is 1. The van der Waals surface area contributed by atoms with Crippen LogP contribution in [0.2, 0.25) is 5.02 Å². The molecule has 2 heterocycles. The van der Waals surface area contributed by atoms with Gasteiger partial charge in [0.2, 0.25) is 5.91 Å². The summed E-state index contributed by atoms with van der Waals surface area (Å²) in [5, 5.41) is 0.421. The summed E-state index contributed by atoms with van der Waals surface area (Å²) in [6.07, 6.45) is 1.39. The summed E-state index contributed by atoms with van der Waals surface area (Å²) in [7, 11) is -3.60. The molecule has 0 unspecified atom stereocenters. The Morgan fingerprint density at radius 3 is 2.36 bits per heavy atom. The molecule has 3 aromatic rings. The maximum Gasteiger partial charge on any atom is 0.252 e. The minimum Gasteiger partial charge on any atom is -0.366 e. The molecule has 0 radical (unpaired) electrons. The highest BCUT2D eigenvalue weighted by atomic mass is 35.5. The lowest BCUT2D eigenvalue weighted by molar-refractivity contribution is 0.1000. The molecule has 1 saturated heterocycles. The highest BCUT2D eigenvalue weighted by Crippen LogP contribution is 2.34. The molecule has 1 amide bonds. The minimum absolute atomic E-state index is 0.256. The maximum absolute atomic E-state index is 13.2. The molecule has 6 nitrogen and oxygen atoms in total. The number of carbonyl (C=O) groups is 1. The highest BCUT2D eigenvalue weighted by Gasteiger charge is 2.30. The third-order valence-corrected chi connectivity index (χ3v) is 9.73. The van der Waals surface area contributed by atoms with Crippen LogP contribution in [0.1, 0.15) is 26.4 Å². The van der Waals surface area contributed by atoms with Crippen molar-refractivity contribution in [3.63, 3.8) is 0 Å². The van der Waals surface area contributed by atoms with Crippen LogP contribution in [-0.4, -0.2) is 56.3 Å². The van der Waals surface area contributed by atoms with E-state index in [2.05, 4.69) is 17.0 Å². The van der Waals surface area contributed by atoms with Crippen molar-refractivity contribution in [3.05, 3.63) is 87.3 Å². The quantitative estimate of drug-likeness (QED) is 0.508. The maximum atomic E-state index is 13.2. The summed E-state index contributed by atoms with van der Waals surface area (Å²) >= 11 is 7.58. The van der Waals surface area contributed by atoms with Crippen LogP contribution in [0.5, 0.6) is 0 Å². The molecule has 0 saturated carbocycles. The van der Waals surface area contributed by atoms with Crippen LogP contribution in [0.15, 0.2) is 64.9 Å². The van der Waals surface area contributed by atoms with E-state index in [1.54, 1.807) is 22.5 Å². The van der Waals surface area contributed by atoms with Crippen LogP contribution in [0.4, 0.5) is 0 Å². The van der Waals surface area contributed by atoms with Gasteiger partial charge >= 0.3 is 0 Å². The Hall–Kier alpha value is -2.23. The summed E-state index contributed by atoms with van der Waals surface area (Å²) < 4.78 is 28.3. The van der Waals surface area contributed by atoms with Crippen LogP contribution < -0.4 is 5.73 Å². The van der Waals surface area contributed by atoms with Crippen molar-refractivity contribution in [1.29, 1.82) is 0 Å². The van der Waals surface area contributed by atoms with E-state index in [4.69, 9.17) is 17.3 Å². The predicted octanol–water partition coefficient (Wildman–Crippen LogP) is 3.64. The number of halogens is 1. The second-order valence-electron chi connectivity index (χ2n) is 8.06. The molecule has 33 heavy (non-hydrogen) atoms. The van der Waals surface area contributed by atoms with E-state index in [0.29, 0.717) is 43.2 Å². The first-order valence-electron chi connectivity index (χ1n) is 10.8. The zero-order valence-corrected chi connectivity index (χ0v) is 20.5. The number of piperazine rings is 1. The SMILES string of the molecule is NC(=O)c1cccc(Cc2sc(S(=O)(=O)N3CCN(CCc4ccccc4)CC3)cc2Cl)c1. The Labute approximate surface area is 203 Å². The number of primary amides is 1. The van der Waals surface area contributed by atoms with Crippen LogP contribution in [0, 0.1) is 0 Å². The standard InChI is InChI=1S/C24H26ClN3O3S2/c25-21-17-23(32-22(21)16-19-7-4-8-20(15-19)24(26)29)33(30,31)28-13-11-27(12-14-28)10-9-18-5-2-1-3-6-18/h1-8,15,17H,9-14,16H2,(H2,26,29). The van der Waals surface area contributed by atoms with Crippen molar-refractivity contribution in [1.82, 2.24) is 9.21 Å². The van der Waals surface area contributed by atoms with Crippen LogP contribution in [-0.2, 0) is 22.9 Å². The molecule has 0 bridgehead atoms. The molecule has 2 aromatic carbocycles. The second-order valence-corrected chi connectivity index (χ2v) is 11.8. The van der Waals surface area contributed by atoms with E-state index < -0.39 is 15.9 Å². The van der Waals surface area contributed by atoms with Gasteiger partial charge in [-0.2, -0.15) is 4.31 Å². The number of amides is 1. The molecule has 1 aliphatic rings. The first-order valence-corrected chi connectivity index (χ1v) is 13.4. The van der Waals surface area contributed by atoms with Gasteiger partial charge in [-0.05, 0) is 35.7 Å². The topological polar surface area (TPSA) is 83.7 Å². The normalized spacial score (nSPS) is 15.5. The number of nitrogens with zero attached hydrogens (tertiary/aromatic N) is 2. The molecule has 2 N–H and O–H groups in total. The number of nitrogens with two attached hydrogens (primary N) is 1. The van der Waals surface area contributed by atoms with Gasteiger partial charge in [0.05, 0.1) is 5.02 Å². The molecule has 174 valence electrons. The molecule has 1 fully saturated rings. The van der Waals surface area contributed by atoms with E-state index >= 15 is 0 Å². The van der Waals surface area contributed by atoms with Crippen molar-refractivity contribution in [2.45, 2.75) is 17.1 Å². The van der Waals surface area contributed by atoms with E-state index in [1.165, 1.54) is 23.0 Å². The summed E-state index contributed by atoms with van der Waals surface area (Å²) in [5.74, 6) is -0.500. The molecule has 1 aromatic heterocycles. The largest absolute Gasteiger partial charge is 0.366 e. The summed E-state index contributed by atoms with van der Waals surface area (Å²) in [4.78, 5) is 14.5. The van der Waals surface area contributed by atoms with Crippen molar-refractivity contribution in [3.8, 4) is 0 Å². The van der Waals surface area contributed by atoms with Crippen molar-refractivity contribution in [2.24, 2.45) is 5.73 Å². The Balaban J connectivity index is 1.39. The average molecular weight is 504 g/mol. The molecular formula is C24H26ClN3O3S2. The van der Waals surface area contributed by atoms with Gasteiger partial charge in [0, 0.05) is 49.6 Å². The Kier molecular flexibility index (Phi) is 7.51. The van der Waals surface area contributed by atoms with Gasteiger partial charge in [0.1, 0.15) is 4.21 Å². The number of rotatable bonds is 8. The van der Waals surface area contributed by atoms with Crippen LogP contribution in [0.25, 0.3) is 0 Å². The first kappa shape index (κ1) is 23.9. The number of sulfonamides is 1. The molecule has 4 rings (SSSR count). The number of hydrogen-bond acceptors (Lipinski definition) is 5. The van der Waals surface area contributed by atoms with Crippen molar-refractivity contribution in [2.75, 3.05) is 32.7 Å². The zero-order chi connectivity index (χ0) is 23.4. The summed E-state index contributed by atoms with van der Waals surface area (Å²) in [6.45, 7) is 3.25. The van der Waals surface area contributed by atoms with Gasteiger partial charge in [-0.3, -0.25) is 4.79 Å². The highest BCUT2D eigenvalue weighted by molar-refractivity contribution is 7.91. The molecule has 9 heteroatoms. The zero-order valence-electron chi connectivity index (χ0n) is 18.1. The molecule has 0 aliphatic carbocycles. The first-order chi connectivity index (χ1) is 15.8. The minimum atomic E-state index is -3.60. The Morgan fingerprint density at radius 2 is 1.67 bits per heavy atom. The number of carbonyl (C=O) groups excluding carboxylic acids is 1. The van der Waals surface area contributed by atoms with Gasteiger partial charge in [-0.1, -0.05) is 54.1 Å². The second kappa shape index (κ2) is 10.4. The van der Waals surface area contributed by atoms with Gasteiger partial charge in [0.25, 0.3) is 10.0 Å². The number of hydrogen-bond donors (Lipinski definition) is 1. The van der Waals surface area contributed by atoms with Gasteiger partial charge < -0.3 is 10.6 Å². The van der Waals surface area contributed by atoms with E-state index in [9.17, 15) is 13.2 Å².